The van der Waals surface area contributed by atoms with E-state index in [2.05, 4.69) is 47.4 Å². The number of pyridine rings is 1. The van der Waals surface area contributed by atoms with Gasteiger partial charge in [0.15, 0.2) is 0 Å². The summed E-state index contributed by atoms with van der Waals surface area (Å²) in [7, 11) is 0. The van der Waals surface area contributed by atoms with Crippen molar-refractivity contribution >= 4 is 34.7 Å². The lowest BCUT2D eigenvalue weighted by molar-refractivity contribution is 0.594. The highest BCUT2D eigenvalue weighted by Gasteiger charge is 2.29. The maximum Gasteiger partial charge on any atom is 0.138 e. The zero-order valence-corrected chi connectivity index (χ0v) is 16.7. The molecule has 136 valence electrons. The van der Waals surface area contributed by atoms with E-state index in [-0.39, 0.29) is 5.92 Å². The standard InChI is InChI=1S/C21H23Cl2N3/c1-3-25(4-2)20-10-6-9-19-24-21-16(7-5-8-18(21)26(19)20)15-12-11-14(22)13-17(15)23/h6,9-13,16H,3-5,7-8H2,1-2H3. The van der Waals surface area contributed by atoms with Gasteiger partial charge in [-0.05, 0) is 62.9 Å². The van der Waals surface area contributed by atoms with Crippen molar-refractivity contribution < 1.29 is 0 Å². The number of aryl methyl sites for hydroxylation is 1. The zero-order valence-electron chi connectivity index (χ0n) is 15.2. The van der Waals surface area contributed by atoms with E-state index < -0.39 is 0 Å². The SMILES string of the molecule is CCN(CC)c1cccc2nc3c(n12)CCCC3c1ccc(Cl)cc1Cl. The normalized spacial score (nSPS) is 16.7. The van der Waals surface area contributed by atoms with Gasteiger partial charge in [-0.25, -0.2) is 4.98 Å². The quantitative estimate of drug-likeness (QED) is 0.550. The number of benzene rings is 1. The molecule has 1 aliphatic carbocycles. The Morgan fingerprint density at radius 3 is 2.69 bits per heavy atom. The average Bonchev–Trinajstić information content (AvgIpc) is 3.02. The van der Waals surface area contributed by atoms with Gasteiger partial charge in [-0.1, -0.05) is 35.3 Å². The van der Waals surface area contributed by atoms with Crippen LogP contribution in [0.2, 0.25) is 10.0 Å². The van der Waals surface area contributed by atoms with Gasteiger partial charge < -0.3 is 4.90 Å². The molecule has 1 aliphatic rings. The van der Waals surface area contributed by atoms with Crippen molar-refractivity contribution in [2.75, 3.05) is 18.0 Å². The van der Waals surface area contributed by atoms with Gasteiger partial charge in [0.2, 0.25) is 0 Å². The van der Waals surface area contributed by atoms with Crippen LogP contribution in [0.1, 0.15) is 49.6 Å². The van der Waals surface area contributed by atoms with Crippen LogP contribution in [0.4, 0.5) is 5.82 Å². The summed E-state index contributed by atoms with van der Waals surface area (Å²) < 4.78 is 2.35. The van der Waals surface area contributed by atoms with Gasteiger partial charge in [-0.3, -0.25) is 4.40 Å². The topological polar surface area (TPSA) is 20.5 Å². The van der Waals surface area contributed by atoms with Gasteiger partial charge in [0.1, 0.15) is 11.5 Å². The second-order valence-corrected chi connectivity index (χ2v) is 7.65. The Kier molecular flexibility index (Phi) is 4.85. The van der Waals surface area contributed by atoms with Crippen LogP contribution in [-0.2, 0) is 6.42 Å². The molecule has 26 heavy (non-hydrogen) atoms. The van der Waals surface area contributed by atoms with Gasteiger partial charge >= 0.3 is 0 Å². The van der Waals surface area contributed by atoms with Crippen LogP contribution < -0.4 is 4.90 Å². The first-order valence-corrected chi connectivity index (χ1v) is 10.1. The summed E-state index contributed by atoms with van der Waals surface area (Å²) in [4.78, 5) is 7.41. The molecule has 0 radical (unpaired) electrons. The van der Waals surface area contributed by atoms with E-state index in [0.29, 0.717) is 5.02 Å². The fraction of sp³-hybridized carbons (Fsp3) is 0.381. The van der Waals surface area contributed by atoms with Crippen molar-refractivity contribution in [3.8, 4) is 0 Å². The third-order valence-corrected chi connectivity index (χ3v) is 5.97. The van der Waals surface area contributed by atoms with Crippen LogP contribution >= 0.6 is 23.2 Å². The summed E-state index contributed by atoms with van der Waals surface area (Å²) in [5.41, 5.74) is 4.64. The largest absolute Gasteiger partial charge is 0.358 e. The maximum atomic E-state index is 6.53. The highest BCUT2D eigenvalue weighted by molar-refractivity contribution is 6.35. The first kappa shape index (κ1) is 17.7. The van der Waals surface area contributed by atoms with Crippen molar-refractivity contribution in [3.05, 3.63) is 63.4 Å². The fourth-order valence-corrected chi connectivity index (χ4v) is 4.70. The second-order valence-electron chi connectivity index (χ2n) is 6.80. The number of halogens is 2. The van der Waals surface area contributed by atoms with Crippen LogP contribution in [0, 0.1) is 0 Å². The Labute approximate surface area is 164 Å². The molecule has 4 rings (SSSR count). The smallest absolute Gasteiger partial charge is 0.138 e. The molecule has 0 saturated heterocycles. The van der Waals surface area contributed by atoms with E-state index in [1.54, 1.807) is 0 Å². The Morgan fingerprint density at radius 2 is 1.96 bits per heavy atom. The molecule has 1 unspecified atom stereocenters. The Balaban J connectivity index is 1.90. The molecule has 1 atom stereocenters. The molecule has 0 spiro atoms. The molecule has 0 aliphatic heterocycles. The molecule has 5 heteroatoms. The minimum atomic E-state index is 0.230. The number of anilines is 1. The molecular formula is C21H23Cl2N3. The van der Waals surface area contributed by atoms with Crippen molar-refractivity contribution in [2.45, 2.75) is 39.0 Å². The summed E-state index contributed by atoms with van der Waals surface area (Å²) in [6.07, 6.45) is 3.26. The number of rotatable bonds is 4. The number of imidazole rings is 1. The molecule has 0 amide bonds. The molecule has 0 bridgehead atoms. The van der Waals surface area contributed by atoms with E-state index in [9.17, 15) is 0 Å². The summed E-state index contributed by atoms with van der Waals surface area (Å²) in [5, 5.41) is 1.41. The minimum absolute atomic E-state index is 0.230. The number of fused-ring (bicyclic) bond motifs is 3. The molecular weight excluding hydrogens is 365 g/mol. The third kappa shape index (κ3) is 2.87. The van der Waals surface area contributed by atoms with Gasteiger partial charge in [-0.15, -0.1) is 0 Å². The van der Waals surface area contributed by atoms with Crippen LogP contribution in [0.15, 0.2) is 36.4 Å². The highest BCUT2D eigenvalue weighted by Crippen LogP contribution is 2.41. The summed E-state index contributed by atoms with van der Waals surface area (Å²) >= 11 is 12.6. The van der Waals surface area contributed by atoms with Crippen molar-refractivity contribution in [1.29, 1.82) is 0 Å². The molecule has 0 fully saturated rings. The van der Waals surface area contributed by atoms with E-state index in [1.807, 2.05) is 12.1 Å². The zero-order chi connectivity index (χ0) is 18.3. The van der Waals surface area contributed by atoms with Crippen molar-refractivity contribution in [1.82, 2.24) is 9.38 Å². The van der Waals surface area contributed by atoms with E-state index in [4.69, 9.17) is 28.2 Å². The summed E-state index contributed by atoms with van der Waals surface area (Å²) in [5.74, 6) is 1.46. The monoisotopic (exact) mass is 387 g/mol. The maximum absolute atomic E-state index is 6.53. The lowest BCUT2D eigenvalue weighted by Crippen LogP contribution is -2.25. The summed E-state index contributed by atoms with van der Waals surface area (Å²) in [6.45, 7) is 6.36. The van der Waals surface area contributed by atoms with Crippen molar-refractivity contribution in [2.24, 2.45) is 0 Å². The van der Waals surface area contributed by atoms with E-state index in [1.165, 1.54) is 17.2 Å². The lowest BCUT2D eigenvalue weighted by atomic mass is 9.84. The highest BCUT2D eigenvalue weighted by atomic mass is 35.5. The molecule has 3 nitrogen and oxygen atoms in total. The molecule has 1 aromatic carbocycles. The number of hydrogen-bond donors (Lipinski definition) is 0. The molecule has 0 N–H and O–H groups in total. The van der Waals surface area contributed by atoms with Gasteiger partial charge in [-0.2, -0.15) is 0 Å². The van der Waals surface area contributed by atoms with Crippen LogP contribution in [0.3, 0.4) is 0 Å². The van der Waals surface area contributed by atoms with Crippen LogP contribution in [0.5, 0.6) is 0 Å². The van der Waals surface area contributed by atoms with E-state index in [0.717, 1.165) is 48.6 Å². The van der Waals surface area contributed by atoms with Gasteiger partial charge in [0.05, 0.1) is 5.69 Å². The molecule has 2 heterocycles. The Morgan fingerprint density at radius 1 is 1.15 bits per heavy atom. The minimum Gasteiger partial charge on any atom is -0.358 e. The Bertz CT molecular complexity index is 944. The number of hydrogen-bond acceptors (Lipinski definition) is 2. The molecule has 2 aromatic heterocycles. The lowest BCUT2D eigenvalue weighted by Gasteiger charge is -2.26. The average molecular weight is 388 g/mol. The van der Waals surface area contributed by atoms with Crippen molar-refractivity contribution in [3.63, 3.8) is 0 Å². The van der Waals surface area contributed by atoms with Crippen LogP contribution in [-0.4, -0.2) is 22.5 Å². The Hall–Kier alpha value is -1.71. The predicted molar refractivity (Wildman–Crippen MR) is 110 cm³/mol. The third-order valence-electron chi connectivity index (χ3n) is 5.41. The first-order valence-electron chi connectivity index (χ1n) is 9.34. The van der Waals surface area contributed by atoms with E-state index >= 15 is 0 Å². The second kappa shape index (κ2) is 7.13. The first-order chi connectivity index (χ1) is 12.6. The van der Waals surface area contributed by atoms with Gasteiger partial charge in [0, 0.05) is 34.7 Å². The summed E-state index contributed by atoms with van der Waals surface area (Å²) in [6, 6.07) is 12.2. The fourth-order valence-electron chi connectivity index (χ4n) is 4.16. The van der Waals surface area contributed by atoms with Gasteiger partial charge in [0.25, 0.3) is 0 Å². The van der Waals surface area contributed by atoms with Crippen LogP contribution in [0.25, 0.3) is 5.65 Å². The molecule has 3 aromatic rings. The number of nitrogens with zero attached hydrogens (tertiary/aromatic N) is 3. The predicted octanol–water partition coefficient (Wildman–Crippen LogP) is 5.96. The molecule has 0 saturated carbocycles. The number of aromatic nitrogens is 2.